The van der Waals surface area contributed by atoms with Crippen molar-refractivity contribution in [3.05, 3.63) is 44.5 Å². The summed E-state index contributed by atoms with van der Waals surface area (Å²) in [6.07, 6.45) is 3.74. The molecule has 0 fully saturated rings. The zero-order chi connectivity index (χ0) is 25.4. The van der Waals surface area contributed by atoms with Gasteiger partial charge in [0, 0.05) is 28.3 Å². The maximum atomic E-state index is 12.8. The summed E-state index contributed by atoms with van der Waals surface area (Å²) in [6.45, 7) is 6.49. The molecule has 2 amide bonds. The highest BCUT2D eigenvalue weighted by Crippen LogP contribution is 2.37. The first-order chi connectivity index (χ1) is 16.6. The van der Waals surface area contributed by atoms with Crippen molar-refractivity contribution < 1.29 is 28.3 Å². The van der Waals surface area contributed by atoms with Crippen molar-refractivity contribution in [2.75, 3.05) is 6.54 Å². The summed E-state index contributed by atoms with van der Waals surface area (Å²) in [5.41, 5.74) is 3.36. The van der Waals surface area contributed by atoms with E-state index >= 15 is 0 Å². The lowest BCUT2D eigenvalue weighted by molar-refractivity contribution is -0.309. The average Bonchev–Trinajstić information content (AvgIpc) is 3.18. The highest BCUT2D eigenvalue weighted by molar-refractivity contribution is 6.00. The Morgan fingerprint density at radius 3 is 2.37 bits per heavy atom. The highest BCUT2D eigenvalue weighted by atomic mass is 16.4. The van der Waals surface area contributed by atoms with Gasteiger partial charge in [0.1, 0.15) is 16.9 Å². The molecule has 1 aliphatic carbocycles. The van der Waals surface area contributed by atoms with Gasteiger partial charge in [-0.25, -0.2) is 4.79 Å². The largest absolute Gasteiger partial charge is 0.548 e. The molecule has 4 rings (SSSR count). The molecule has 0 saturated heterocycles. The molecule has 35 heavy (non-hydrogen) atoms. The summed E-state index contributed by atoms with van der Waals surface area (Å²) in [5.74, 6) is -2.00. The van der Waals surface area contributed by atoms with E-state index < -0.39 is 36.0 Å². The van der Waals surface area contributed by atoms with E-state index in [1.807, 2.05) is 13.0 Å². The molecule has 0 spiro atoms. The molecular formula is C26H29N2O7-. The minimum absolute atomic E-state index is 0.210. The molecule has 0 bridgehead atoms. The molecule has 186 valence electrons. The lowest BCUT2D eigenvalue weighted by atomic mass is 9.93. The molecule has 1 aliphatic rings. The van der Waals surface area contributed by atoms with Gasteiger partial charge < -0.3 is 29.4 Å². The Kier molecular flexibility index (Phi) is 6.69. The van der Waals surface area contributed by atoms with Gasteiger partial charge in [0.2, 0.25) is 11.8 Å². The van der Waals surface area contributed by atoms with Crippen LogP contribution in [-0.2, 0) is 33.6 Å². The number of furan rings is 1. The second-order valence-corrected chi connectivity index (χ2v) is 9.52. The number of nitrogens with one attached hydrogen (secondary N) is 2. The lowest BCUT2D eigenvalue weighted by Gasteiger charge is -2.23. The fourth-order valence-corrected chi connectivity index (χ4v) is 4.75. The number of fused-ring (bicyclic) bond motifs is 4. The number of aliphatic carboxylic acids is 1. The van der Waals surface area contributed by atoms with Crippen LogP contribution in [0.2, 0.25) is 0 Å². The van der Waals surface area contributed by atoms with E-state index in [0.717, 1.165) is 53.4 Å². The molecule has 2 N–H and O–H groups in total. The normalized spacial score (nSPS) is 14.2. The number of hydrogen-bond donors (Lipinski definition) is 2. The van der Waals surface area contributed by atoms with Crippen molar-refractivity contribution >= 4 is 39.7 Å². The van der Waals surface area contributed by atoms with Gasteiger partial charge in [0.15, 0.2) is 0 Å². The van der Waals surface area contributed by atoms with Crippen molar-refractivity contribution in [2.45, 2.75) is 65.8 Å². The molecular weight excluding hydrogens is 452 g/mol. The monoisotopic (exact) mass is 481 g/mol. The number of benzene rings is 1. The minimum atomic E-state index is -1.40. The SMILES string of the molecule is Cc1c(CC(=O)NCC(=O)N[C@H](C(=O)[O-])C(C)C)c(=O)oc2c(C)c3oc4c(c3cc12)CCCC4. The first kappa shape index (κ1) is 24.5. The lowest BCUT2D eigenvalue weighted by Crippen LogP contribution is -2.53. The van der Waals surface area contributed by atoms with Gasteiger partial charge in [0.05, 0.1) is 30.5 Å². The van der Waals surface area contributed by atoms with Crippen LogP contribution >= 0.6 is 0 Å². The van der Waals surface area contributed by atoms with Gasteiger partial charge in [0.25, 0.3) is 0 Å². The number of hydrogen-bond acceptors (Lipinski definition) is 7. The van der Waals surface area contributed by atoms with Gasteiger partial charge in [-0.3, -0.25) is 9.59 Å². The average molecular weight is 482 g/mol. The van der Waals surface area contributed by atoms with Crippen LogP contribution in [-0.4, -0.2) is 30.4 Å². The van der Waals surface area contributed by atoms with Crippen molar-refractivity contribution in [3.8, 4) is 0 Å². The van der Waals surface area contributed by atoms with Crippen LogP contribution in [0.1, 0.15) is 54.7 Å². The Balaban J connectivity index is 1.57. The van der Waals surface area contributed by atoms with Crippen LogP contribution in [0.25, 0.3) is 21.9 Å². The number of aryl methyl sites for hydroxylation is 4. The van der Waals surface area contributed by atoms with Crippen LogP contribution in [0.5, 0.6) is 0 Å². The van der Waals surface area contributed by atoms with Gasteiger partial charge in [-0.15, -0.1) is 0 Å². The van der Waals surface area contributed by atoms with Crippen molar-refractivity contribution in [1.29, 1.82) is 0 Å². The second kappa shape index (κ2) is 9.56. The molecule has 1 aromatic carbocycles. The molecule has 2 aromatic heterocycles. The van der Waals surface area contributed by atoms with Crippen LogP contribution in [0.15, 0.2) is 19.7 Å². The number of amides is 2. The van der Waals surface area contributed by atoms with Crippen LogP contribution < -0.4 is 21.4 Å². The Labute approximate surface area is 201 Å². The standard InChI is InChI=1S/C26H30N2O7/c1-12(2)22(25(31)32)28-21(30)11-27-20(29)10-17-13(3)16-9-18-15-7-5-6-8-19(15)34-24(18)14(4)23(16)35-26(17)33/h9,12,22H,5-8,10-11H2,1-4H3,(H,27,29)(H,28,30)(H,31,32)/p-1/t22-/m0/s1. The summed E-state index contributed by atoms with van der Waals surface area (Å²) >= 11 is 0. The fourth-order valence-electron chi connectivity index (χ4n) is 4.75. The molecule has 0 unspecified atom stereocenters. The van der Waals surface area contributed by atoms with E-state index in [-0.39, 0.29) is 17.9 Å². The third-order valence-electron chi connectivity index (χ3n) is 6.75. The molecule has 0 saturated carbocycles. The Bertz CT molecular complexity index is 1400. The Morgan fingerprint density at radius 1 is 1.00 bits per heavy atom. The molecule has 1 atom stereocenters. The summed E-state index contributed by atoms with van der Waals surface area (Å²) in [6, 6.07) is 0.813. The zero-order valence-corrected chi connectivity index (χ0v) is 20.3. The van der Waals surface area contributed by atoms with Crippen molar-refractivity contribution in [1.82, 2.24) is 10.6 Å². The summed E-state index contributed by atoms with van der Waals surface area (Å²) in [4.78, 5) is 48.5. The maximum Gasteiger partial charge on any atom is 0.340 e. The van der Waals surface area contributed by atoms with Gasteiger partial charge in [-0.2, -0.15) is 0 Å². The first-order valence-corrected chi connectivity index (χ1v) is 11.9. The number of carboxylic acids is 1. The molecule has 9 heteroatoms. The van der Waals surface area contributed by atoms with E-state index in [1.165, 1.54) is 5.56 Å². The fraction of sp³-hybridized carbons (Fsp3) is 0.462. The smallest absolute Gasteiger partial charge is 0.340 e. The summed E-state index contributed by atoms with van der Waals surface area (Å²) < 4.78 is 11.7. The van der Waals surface area contributed by atoms with Gasteiger partial charge >= 0.3 is 5.63 Å². The van der Waals surface area contributed by atoms with Gasteiger partial charge in [-0.1, -0.05) is 13.8 Å². The first-order valence-electron chi connectivity index (χ1n) is 11.9. The predicted octanol–water partition coefficient (Wildman–Crippen LogP) is 1.58. The van der Waals surface area contributed by atoms with E-state index in [2.05, 4.69) is 10.6 Å². The van der Waals surface area contributed by atoms with Crippen LogP contribution in [0.4, 0.5) is 0 Å². The zero-order valence-electron chi connectivity index (χ0n) is 20.3. The highest BCUT2D eigenvalue weighted by Gasteiger charge is 2.24. The number of rotatable bonds is 7. The van der Waals surface area contributed by atoms with E-state index in [1.54, 1.807) is 20.8 Å². The van der Waals surface area contributed by atoms with E-state index in [9.17, 15) is 24.3 Å². The predicted molar refractivity (Wildman–Crippen MR) is 127 cm³/mol. The molecule has 3 aromatic rings. The summed E-state index contributed by atoms with van der Waals surface area (Å²) in [7, 11) is 0. The second-order valence-electron chi connectivity index (χ2n) is 9.52. The van der Waals surface area contributed by atoms with Crippen molar-refractivity contribution in [3.63, 3.8) is 0 Å². The topological polar surface area (TPSA) is 142 Å². The number of carbonyl (C=O) groups excluding carboxylic acids is 3. The molecule has 0 aliphatic heterocycles. The van der Waals surface area contributed by atoms with Crippen LogP contribution in [0.3, 0.4) is 0 Å². The third kappa shape index (κ3) is 4.67. The molecule has 9 nitrogen and oxygen atoms in total. The molecule has 2 heterocycles. The van der Waals surface area contributed by atoms with E-state index in [4.69, 9.17) is 8.83 Å². The summed E-state index contributed by atoms with van der Waals surface area (Å²) in [5, 5.41) is 17.7. The quantitative estimate of drug-likeness (QED) is 0.488. The number of carbonyl (C=O) groups is 3. The Morgan fingerprint density at radius 2 is 1.69 bits per heavy atom. The van der Waals surface area contributed by atoms with E-state index in [0.29, 0.717) is 11.1 Å². The van der Waals surface area contributed by atoms with Crippen LogP contribution in [0, 0.1) is 19.8 Å². The minimum Gasteiger partial charge on any atom is -0.548 e. The van der Waals surface area contributed by atoms with Gasteiger partial charge in [-0.05, 0) is 50.7 Å². The molecule has 0 radical (unpaired) electrons. The third-order valence-corrected chi connectivity index (χ3v) is 6.75. The maximum absolute atomic E-state index is 12.8. The van der Waals surface area contributed by atoms with Crippen molar-refractivity contribution in [2.24, 2.45) is 5.92 Å². The Hall–Kier alpha value is -3.62. The number of carboxylic acid groups (broad SMARTS) is 1.